The molecule has 2 aromatic rings. The lowest BCUT2D eigenvalue weighted by Crippen LogP contribution is -2.05. The summed E-state index contributed by atoms with van der Waals surface area (Å²) in [7, 11) is 3.09. The second-order valence-electron chi connectivity index (χ2n) is 4.24. The quantitative estimate of drug-likeness (QED) is 0.759. The van der Waals surface area contributed by atoms with Gasteiger partial charge in [0.25, 0.3) is 0 Å². The summed E-state index contributed by atoms with van der Waals surface area (Å²) in [6, 6.07) is 5.18. The average molecular weight is 288 g/mol. The number of methoxy groups -OCH3 is 2. The molecular formula is C15H16N2O4. The third-order valence-electron chi connectivity index (χ3n) is 2.87. The summed E-state index contributed by atoms with van der Waals surface area (Å²) in [5.74, 6) is 1.48. The van der Waals surface area contributed by atoms with Crippen LogP contribution in [-0.2, 0) is 6.61 Å². The van der Waals surface area contributed by atoms with Gasteiger partial charge in [0.2, 0.25) is 0 Å². The van der Waals surface area contributed by atoms with Crippen LogP contribution in [0.15, 0.2) is 24.4 Å². The van der Waals surface area contributed by atoms with E-state index in [1.165, 1.54) is 7.11 Å². The minimum Gasteiger partial charge on any atom is -0.493 e. The Morgan fingerprint density at radius 1 is 1.14 bits per heavy atom. The highest BCUT2D eigenvalue weighted by molar-refractivity contribution is 5.76. The third kappa shape index (κ3) is 3.28. The average Bonchev–Trinajstić information content (AvgIpc) is 2.52. The van der Waals surface area contributed by atoms with Crippen LogP contribution in [0.4, 0.5) is 0 Å². The van der Waals surface area contributed by atoms with Crippen LogP contribution < -0.4 is 14.2 Å². The second-order valence-corrected chi connectivity index (χ2v) is 4.24. The highest BCUT2D eigenvalue weighted by atomic mass is 16.5. The normalized spacial score (nSPS) is 10.0. The largest absolute Gasteiger partial charge is 0.493 e. The smallest absolute Gasteiger partial charge is 0.185 e. The van der Waals surface area contributed by atoms with E-state index in [-0.39, 0.29) is 12.3 Å². The maximum Gasteiger partial charge on any atom is 0.185 e. The van der Waals surface area contributed by atoms with Gasteiger partial charge in [-0.15, -0.1) is 0 Å². The zero-order valence-corrected chi connectivity index (χ0v) is 12.1. The SMILES string of the molecule is COc1ccnc(COc2ccc(C)nc2C=O)c1OC. The zero-order valence-electron chi connectivity index (χ0n) is 12.1. The van der Waals surface area contributed by atoms with Gasteiger partial charge in [0.1, 0.15) is 23.7 Å². The van der Waals surface area contributed by atoms with Gasteiger partial charge in [0, 0.05) is 18.0 Å². The van der Waals surface area contributed by atoms with Crippen molar-refractivity contribution in [3.8, 4) is 17.2 Å². The molecule has 0 bridgehead atoms. The van der Waals surface area contributed by atoms with Crippen molar-refractivity contribution < 1.29 is 19.0 Å². The van der Waals surface area contributed by atoms with Crippen molar-refractivity contribution in [1.82, 2.24) is 9.97 Å². The Morgan fingerprint density at radius 2 is 1.95 bits per heavy atom. The Bertz CT molecular complexity index is 644. The molecule has 0 saturated carbocycles. The highest BCUT2D eigenvalue weighted by Crippen LogP contribution is 2.29. The van der Waals surface area contributed by atoms with Crippen LogP contribution in [0.5, 0.6) is 17.2 Å². The van der Waals surface area contributed by atoms with Gasteiger partial charge in [-0.05, 0) is 19.1 Å². The van der Waals surface area contributed by atoms with E-state index in [1.807, 2.05) is 6.92 Å². The molecule has 6 nitrogen and oxygen atoms in total. The van der Waals surface area contributed by atoms with Crippen molar-refractivity contribution in [1.29, 1.82) is 0 Å². The first-order valence-electron chi connectivity index (χ1n) is 6.31. The molecule has 6 heteroatoms. The fourth-order valence-corrected chi connectivity index (χ4v) is 1.87. The summed E-state index contributed by atoms with van der Waals surface area (Å²) in [4.78, 5) is 19.3. The monoisotopic (exact) mass is 288 g/mol. The lowest BCUT2D eigenvalue weighted by atomic mass is 10.3. The summed E-state index contributed by atoms with van der Waals surface area (Å²) in [6.45, 7) is 1.95. The number of aldehydes is 1. The summed E-state index contributed by atoms with van der Waals surface area (Å²) < 4.78 is 16.1. The van der Waals surface area contributed by atoms with Gasteiger partial charge in [-0.2, -0.15) is 0 Å². The van der Waals surface area contributed by atoms with Gasteiger partial charge < -0.3 is 14.2 Å². The van der Waals surface area contributed by atoms with Crippen LogP contribution in [0.3, 0.4) is 0 Å². The molecule has 0 aliphatic rings. The second kappa shape index (κ2) is 6.69. The number of hydrogen-bond acceptors (Lipinski definition) is 6. The van der Waals surface area contributed by atoms with Crippen molar-refractivity contribution in [3.05, 3.63) is 41.5 Å². The molecule has 110 valence electrons. The van der Waals surface area contributed by atoms with E-state index in [4.69, 9.17) is 14.2 Å². The molecule has 0 spiro atoms. The first-order valence-corrected chi connectivity index (χ1v) is 6.31. The molecule has 0 fully saturated rings. The fraction of sp³-hybridized carbons (Fsp3) is 0.267. The Hall–Kier alpha value is -2.63. The van der Waals surface area contributed by atoms with Gasteiger partial charge in [0.15, 0.2) is 17.8 Å². The van der Waals surface area contributed by atoms with E-state index < -0.39 is 0 Å². The van der Waals surface area contributed by atoms with Gasteiger partial charge in [-0.25, -0.2) is 4.98 Å². The minimum atomic E-state index is 0.145. The van der Waals surface area contributed by atoms with E-state index in [1.54, 1.807) is 31.5 Å². The summed E-state index contributed by atoms with van der Waals surface area (Å²) >= 11 is 0. The molecule has 2 heterocycles. The first kappa shape index (κ1) is 14.8. The van der Waals surface area contributed by atoms with E-state index in [0.717, 1.165) is 5.69 Å². The molecule has 0 aromatic carbocycles. The van der Waals surface area contributed by atoms with Crippen molar-refractivity contribution in [2.75, 3.05) is 14.2 Å². The van der Waals surface area contributed by atoms with Crippen LogP contribution in [0, 0.1) is 6.92 Å². The molecule has 0 unspecified atom stereocenters. The minimum absolute atomic E-state index is 0.145. The van der Waals surface area contributed by atoms with Gasteiger partial charge in [-0.3, -0.25) is 9.78 Å². The predicted octanol–water partition coefficient (Wildman–Crippen LogP) is 2.19. The molecule has 2 rings (SSSR count). The van der Waals surface area contributed by atoms with Crippen molar-refractivity contribution in [2.24, 2.45) is 0 Å². The Kier molecular flexibility index (Phi) is 4.71. The summed E-state index contributed by atoms with van der Waals surface area (Å²) in [5, 5.41) is 0. The molecule has 0 radical (unpaired) electrons. The van der Waals surface area contributed by atoms with Crippen LogP contribution in [0.25, 0.3) is 0 Å². The van der Waals surface area contributed by atoms with Crippen LogP contribution in [-0.4, -0.2) is 30.5 Å². The predicted molar refractivity (Wildman–Crippen MR) is 76.0 cm³/mol. The summed E-state index contributed by atoms with van der Waals surface area (Å²) in [5.41, 5.74) is 1.59. The Labute approximate surface area is 122 Å². The molecule has 0 aliphatic heterocycles. The van der Waals surface area contributed by atoms with Gasteiger partial charge in [0.05, 0.1) is 14.2 Å². The molecule has 0 saturated heterocycles. The van der Waals surface area contributed by atoms with Crippen molar-refractivity contribution >= 4 is 6.29 Å². The highest BCUT2D eigenvalue weighted by Gasteiger charge is 2.13. The topological polar surface area (TPSA) is 70.5 Å². The van der Waals surface area contributed by atoms with Crippen LogP contribution in [0.1, 0.15) is 21.9 Å². The third-order valence-corrected chi connectivity index (χ3v) is 2.87. The Balaban J connectivity index is 2.22. The number of aromatic nitrogens is 2. The first-order chi connectivity index (χ1) is 10.2. The molecule has 0 amide bonds. The number of nitrogens with zero attached hydrogens (tertiary/aromatic N) is 2. The number of hydrogen-bond donors (Lipinski definition) is 0. The van der Waals surface area contributed by atoms with E-state index in [9.17, 15) is 4.79 Å². The van der Waals surface area contributed by atoms with Gasteiger partial charge >= 0.3 is 0 Å². The summed E-state index contributed by atoms with van der Waals surface area (Å²) in [6.07, 6.45) is 2.27. The lowest BCUT2D eigenvalue weighted by molar-refractivity contribution is 0.111. The van der Waals surface area contributed by atoms with Crippen LogP contribution >= 0.6 is 0 Å². The maximum atomic E-state index is 11.0. The molecule has 0 N–H and O–H groups in total. The fourth-order valence-electron chi connectivity index (χ4n) is 1.87. The lowest BCUT2D eigenvalue weighted by Gasteiger charge is -2.13. The Morgan fingerprint density at radius 3 is 2.62 bits per heavy atom. The maximum absolute atomic E-state index is 11.0. The van der Waals surface area contributed by atoms with Gasteiger partial charge in [-0.1, -0.05) is 0 Å². The van der Waals surface area contributed by atoms with E-state index >= 15 is 0 Å². The number of pyridine rings is 2. The number of rotatable bonds is 6. The zero-order chi connectivity index (χ0) is 15.2. The number of carbonyl (C=O) groups is 1. The number of carbonyl (C=O) groups excluding carboxylic acids is 1. The number of ether oxygens (including phenoxy) is 3. The molecule has 2 aromatic heterocycles. The van der Waals surface area contributed by atoms with Crippen LogP contribution in [0.2, 0.25) is 0 Å². The van der Waals surface area contributed by atoms with Crippen molar-refractivity contribution in [3.63, 3.8) is 0 Å². The molecule has 0 aliphatic carbocycles. The molecule has 21 heavy (non-hydrogen) atoms. The van der Waals surface area contributed by atoms with E-state index in [0.29, 0.717) is 29.2 Å². The van der Waals surface area contributed by atoms with E-state index in [2.05, 4.69) is 9.97 Å². The molecular weight excluding hydrogens is 272 g/mol. The number of aryl methyl sites for hydroxylation is 1. The standard InChI is InChI=1S/C15H16N2O4/c1-10-4-5-13(11(8-18)17-10)21-9-12-15(20-3)14(19-2)6-7-16-12/h4-8H,9H2,1-3H3. The van der Waals surface area contributed by atoms with Crippen molar-refractivity contribution in [2.45, 2.75) is 13.5 Å². The molecule has 0 atom stereocenters.